The molecule has 0 aromatic heterocycles. The molecular weight excluding hydrogens is 485 g/mol. The van der Waals surface area contributed by atoms with Crippen LogP contribution in [0.2, 0.25) is 0 Å². The van der Waals surface area contributed by atoms with Crippen molar-refractivity contribution in [3.05, 3.63) is 0 Å². The third kappa shape index (κ3) is 13.9. The highest BCUT2D eigenvalue weighted by Gasteiger charge is 2.22. The first kappa shape index (κ1) is 28.2. The zero-order chi connectivity index (χ0) is 21.0. The Kier molecular flexibility index (Phi) is 14.6. The Balaban J connectivity index is 0.00000784. The minimum Gasteiger partial charge on any atom is -0.444 e. The lowest BCUT2D eigenvalue weighted by Gasteiger charge is -2.34. The summed E-state index contributed by atoms with van der Waals surface area (Å²) in [5, 5.41) is 9.30. The van der Waals surface area contributed by atoms with Gasteiger partial charge >= 0.3 is 6.09 Å². The third-order valence-electron chi connectivity index (χ3n) is 4.20. The number of ether oxygens (including phenoxy) is 2. The second kappa shape index (κ2) is 15.1. The summed E-state index contributed by atoms with van der Waals surface area (Å²) in [4.78, 5) is 19.0. The van der Waals surface area contributed by atoms with Gasteiger partial charge in [0.2, 0.25) is 0 Å². The van der Waals surface area contributed by atoms with Crippen LogP contribution in [0.3, 0.4) is 0 Å². The Morgan fingerprint density at radius 1 is 1.14 bits per heavy atom. The van der Waals surface area contributed by atoms with Crippen molar-refractivity contribution in [1.82, 2.24) is 20.9 Å². The first-order valence-electron chi connectivity index (χ1n) is 10.5. The van der Waals surface area contributed by atoms with Gasteiger partial charge in [-0.2, -0.15) is 0 Å². The second-order valence-electron chi connectivity index (χ2n) is 8.51. The van der Waals surface area contributed by atoms with E-state index in [1.807, 2.05) is 27.7 Å². The summed E-state index contributed by atoms with van der Waals surface area (Å²) in [6.07, 6.45) is 0.712. The van der Waals surface area contributed by atoms with E-state index in [0.717, 1.165) is 51.8 Å². The van der Waals surface area contributed by atoms with Gasteiger partial charge in [0.15, 0.2) is 5.96 Å². The number of rotatable bonds is 9. The van der Waals surface area contributed by atoms with Crippen LogP contribution in [-0.4, -0.2) is 81.1 Å². The number of morpholine rings is 1. The summed E-state index contributed by atoms with van der Waals surface area (Å²) in [5.41, 5.74) is -0.487. The smallest absolute Gasteiger partial charge is 0.407 e. The summed E-state index contributed by atoms with van der Waals surface area (Å²) in [6.45, 7) is 18.2. The summed E-state index contributed by atoms with van der Waals surface area (Å²) in [7, 11) is 0. The first-order valence-corrected chi connectivity index (χ1v) is 10.5. The molecule has 0 aliphatic carbocycles. The Morgan fingerprint density at radius 2 is 1.76 bits per heavy atom. The zero-order valence-electron chi connectivity index (χ0n) is 19.0. The van der Waals surface area contributed by atoms with Crippen molar-refractivity contribution in [3.8, 4) is 0 Å². The molecule has 0 aromatic rings. The average molecular weight is 527 g/mol. The van der Waals surface area contributed by atoms with Crippen molar-refractivity contribution >= 4 is 36.0 Å². The van der Waals surface area contributed by atoms with E-state index in [1.54, 1.807) is 0 Å². The topological polar surface area (TPSA) is 87.2 Å². The fourth-order valence-corrected chi connectivity index (χ4v) is 3.02. The molecule has 0 radical (unpaired) electrons. The number of hydrogen-bond donors (Lipinski definition) is 3. The molecule has 29 heavy (non-hydrogen) atoms. The molecule has 3 N–H and O–H groups in total. The zero-order valence-corrected chi connectivity index (χ0v) is 21.4. The van der Waals surface area contributed by atoms with E-state index in [0.29, 0.717) is 25.0 Å². The predicted molar refractivity (Wildman–Crippen MR) is 129 cm³/mol. The number of nitrogens with one attached hydrogen (secondary N) is 3. The molecule has 0 saturated carbocycles. The Bertz CT molecular complexity index is 477. The Hall–Kier alpha value is -0.810. The Morgan fingerprint density at radius 3 is 2.31 bits per heavy atom. The lowest BCUT2D eigenvalue weighted by Crippen LogP contribution is -2.47. The predicted octanol–water partition coefficient (Wildman–Crippen LogP) is 2.43. The van der Waals surface area contributed by atoms with Crippen LogP contribution < -0.4 is 16.0 Å². The molecule has 1 unspecified atom stereocenters. The summed E-state index contributed by atoms with van der Waals surface area (Å²) in [5.74, 6) is 1.40. The van der Waals surface area contributed by atoms with E-state index in [9.17, 15) is 4.79 Å². The lowest BCUT2D eigenvalue weighted by molar-refractivity contribution is 0.0143. The van der Waals surface area contributed by atoms with Crippen LogP contribution in [0.5, 0.6) is 0 Å². The fourth-order valence-electron chi connectivity index (χ4n) is 3.02. The van der Waals surface area contributed by atoms with Crippen LogP contribution in [-0.2, 0) is 9.47 Å². The molecule has 0 aromatic carbocycles. The quantitative estimate of drug-likeness (QED) is 0.185. The van der Waals surface area contributed by atoms with Gasteiger partial charge in [-0.3, -0.25) is 9.89 Å². The number of halogens is 1. The minimum absolute atomic E-state index is 0. The maximum atomic E-state index is 11.7. The maximum Gasteiger partial charge on any atom is 0.407 e. The molecule has 1 rings (SSSR count). The SMILES string of the molecule is CCNC(=NCC(CC(C)C)N1CCOCC1)NCCNC(=O)OC(C)(C)C.I. The minimum atomic E-state index is -0.487. The van der Waals surface area contributed by atoms with Crippen LogP contribution in [0.15, 0.2) is 4.99 Å². The number of nitrogens with zero attached hydrogens (tertiary/aromatic N) is 2. The fraction of sp³-hybridized carbons (Fsp3) is 0.900. The highest BCUT2D eigenvalue weighted by molar-refractivity contribution is 14.0. The third-order valence-corrected chi connectivity index (χ3v) is 4.20. The molecule has 9 heteroatoms. The van der Waals surface area contributed by atoms with Crippen LogP contribution in [0.25, 0.3) is 0 Å². The maximum absolute atomic E-state index is 11.7. The van der Waals surface area contributed by atoms with Gasteiger partial charge in [-0.15, -0.1) is 24.0 Å². The van der Waals surface area contributed by atoms with Crippen LogP contribution in [0.1, 0.15) is 48.0 Å². The lowest BCUT2D eigenvalue weighted by atomic mass is 10.0. The molecule has 172 valence electrons. The highest BCUT2D eigenvalue weighted by Crippen LogP contribution is 2.14. The summed E-state index contributed by atoms with van der Waals surface area (Å²) in [6, 6.07) is 0.416. The number of amides is 1. The number of alkyl carbamates (subject to hydrolysis) is 1. The van der Waals surface area contributed by atoms with Crippen LogP contribution >= 0.6 is 24.0 Å². The molecule has 1 heterocycles. The van der Waals surface area contributed by atoms with E-state index in [-0.39, 0.29) is 24.0 Å². The van der Waals surface area contributed by atoms with Gasteiger partial charge < -0.3 is 25.4 Å². The molecule has 1 atom stereocenters. The molecule has 0 spiro atoms. The van der Waals surface area contributed by atoms with Gasteiger partial charge in [-0.05, 0) is 40.0 Å². The van der Waals surface area contributed by atoms with Crippen LogP contribution in [0, 0.1) is 5.92 Å². The number of carbonyl (C=O) groups is 1. The number of carbonyl (C=O) groups excluding carboxylic acids is 1. The van der Waals surface area contributed by atoms with Gasteiger partial charge in [0, 0.05) is 38.8 Å². The van der Waals surface area contributed by atoms with Crippen molar-refractivity contribution in [2.24, 2.45) is 10.9 Å². The summed E-state index contributed by atoms with van der Waals surface area (Å²) < 4.78 is 10.7. The average Bonchev–Trinajstić information content (AvgIpc) is 2.60. The molecule has 1 aliphatic rings. The van der Waals surface area contributed by atoms with Crippen molar-refractivity contribution in [3.63, 3.8) is 0 Å². The van der Waals surface area contributed by atoms with E-state index in [1.165, 1.54) is 0 Å². The monoisotopic (exact) mass is 527 g/mol. The van der Waals surface area contributed by atoms with Crippen molar-refractivity contribution in [2.45, 2.75) is 59.6 Å². The number of aliphatic imine (C=N–C) groups is 1. The standard InChI is InChI=1S/C20H41N5O3.HI/c1-7-21-18(22-8-9-23-19(26)28-20(4,5)6)24-15-17(14-16(2)3)25-10-12-27-13-11-25;/h16-17H,7-15H2,1-6H3,(H,23,26)(H2,21,22,24);1H. The van der Waals surface area contributed by atoms with E-state index < -0.39 is 11.7 Å². The van der Waals surface area contributed by atoms with Gasteiger partial charge in [0.05, 0.1) is 19.8 Å². The highest BCUT2D eigenvalue weighted by atomic mass is 127. The molecule has 0 bridgehead atoms. The first-order chi connectivity index (χ1) is 13.2. The van der Waals surface area contributed by atoms with Gasteiger partial charge in [0.25, 0.3) is 0 Å². The molecule has 8 nitrogen and oxygen atoms in total. The number of guanidine groups is 1. The van der Waals surface area contributed by atoms with E-state index in [4.69, 9.17) is 14.5 Å². The van der Waals surface area contributed by atoms with Gasteiger partial charge in [-0.25, -0.2) is 4.79 Å². The molecule has 1 amide bonds. The molecule has 1 saturated heterocycles. The van der Waals surface area contributed by atoms with Crippen LogP contribution in [0.4, 0.5) is 4.79 Å². The largest absolute Gasteiger partial charge is 0.444 e. The molecule has 1 aliphatic heterocycles. The van der Waals surface area contributed by atoms with Crippen molar-refractivity contribution < 1.29 is 14.3 Å². The second-order valence-corrected chi connectivity index (χ2v) is 8.51. The van der Waals surface area contributed by atoms with Gasteiger partial charge in [-0.1, -0.05) is 13.8 Å². The van der Waals surface area contributed by atoms with E-state index >= 15 is 0 Å². The molecule has 1 fully saturated rings. The Labute approximate surface area is 194 Å². The number of hydrogen-bond acceptors (Lipinski definition) is 5. The van der Waals surface area contributed by atoms with E-state index in [2.05, 4.69) is 34.7 Å². The van der Waals surface area contributed by atoms with Gasteiger partial charge in [0.1, 0.15) is 5.60 Å². The molecular formula is C20H42IN5O3. The summed E-state index contributed by atoms with van der Waals surface area (Å²) >= 11 is 0. The van der Waals surface area contributed by atoms with Crippen molar-refractivity contribution in [2.75, 3.05) is 52.5 Å². The van der Waals surface area contributed by atoms with Crippen molar-refractivity contribution in [1.29, 1.82) is 0 Å². The normalized spacial score (nSPS) is 16.7.